The molecule has 0 fully saturated rings. The molecule has 0 N–H and O–H groups in total. The largest absolute Gasteiger partial charge is 0.427 e. The Morgan fingerprint density at radius 1 is 1.11 bits per heavy atom. The summed E-state index contributed by atoms with van der Waals surface area (Å²) in [6, 6.07) is 14.2. The third-order valence-electron chi connectivity index (χ3n) is 2.87. The fourth-order valence-corrected chi connectivity index (χ4v) is 3.15. The third kappa shape index (κ3) is 2.14. The molecule has 2 nitrogen and oxygen atoms in total. The van der Waals surface area contributed by atoms with Crippen molar-refractivity contribution in [1.29, 1.82) is 0 Å². The second kappa shape index (κ2) is 4.50. The number of carbonyl (C=O) groups is 1. The van der Waals surface area contributed by atoms with E-state index in [1.54, 1.807) is 11.8 Å². The Morgan fingerprint density at radius 2 is 1.89 bits per heavy atom. The van der Waals surface area contributed by atoms with Crippen LogP contribution in [0.1, 0.15) is 18.1 Å². The summed E-state index contributed by atoms with van der Waals surface area (Å²) in [6.45, 7) is 1.42. The summed E-state index contributed by atoms with van der Waals surface area (Å²) >= 11 is 1.77. The summed E-state index contributed by atoms with van der Waals surface area (Å²) in [4.78, 5) is 13.5. The molecule has 90 valence electrons. The van der Waals surface area contributed by atoms with Gasteiger partial charge >= 0.3 is 5.97 Å². The van der Waals surface area contributed by atoms with E-state index in [2.05, 4.69) is 24.3 Å². The molecule has 0 atom stereocenters. The molecule has 0 spiro atoms. The molecule has 1 heterocycles. The summed E-state index contributed by atoms with van der Waals surface area (Å²) in [7, 11) is 0. The van der Waals surface area contributed by atoms with E-state index in [1.165, 1.54) is 27.8 Å². The van der Waals surface area contributed by atoms with Crippen molar-refractivity contribution < 1.29 is 9.53 Å². The van der Waals surface area contributed by atoms with Crippen LogP contribution in [0.4, 0.5) is 0 Å². The quantitative estimate of drug-likeness (QED) is 0.491. The Morgan fingerprint density at radius 3 is 2.72 bits per heavy atom. The van der Waals surface area contributed by atoms with Crippen molar-refractivity contribution in [2.24, 2.45) is 0 Å². The van der Waals surface area contributed by atoms with Gasteiger partial charge in [0.15, 0.2) is 0 Å². The van der Waals surface area contributed by atoms with Crippen LogP contribution >= 0.6 is 11.8 Å². The highest BCUT2D eigenvalue weighted by molar-refractivity contribution is 7.99. The molecule has 0 unspecified atom stereocenters. The summed E-state index contributed by atoms with van der Waals surface area (Å²) < 4.78 is 5.12. The Balaban J connectivity index is 1.96. The summed E-state index contributed by atoms with van der Waals surface area (Å²) in [5, 5.41) is 0. The average Bonchev–Trinajstić information content (AvgIpc) is 2.35. The minimum absolute atomic E-state index is 0.279. The van der Waals surface area contributed by atoms with Crippen molar-refractivity contribution in [3.8, 4) is 5.75 Å². The van der Waals surface area contributed by atoms with E-state index < -0.39 is 0 Å². The summed E-state index contributed by atoms with van der Waals surface area (Å²) in [5.74, 6) is 0.347. The van der Waals surface area contributed by atoms with Gasteiger partial charge in [-0.25, -0.2) is 0 Å². The molecule has 3 heteroatoms. The number of carbonyl (C=O) groups excluding carboxylic acids is 1. The van der Waals surface area contributed by atoms with Gasteiger partial charge in [-0.1, -0.05) is 30.0 Å². The zero-order chi connectivity index (χ0) is 12.5. The van der Waals surface area contributed by atoms with E-state index in [0.29, 0.717) is 5.75 Å². The first-order chi connectivity index (χ1) is 8.72. The molecule has 0 saturated heterocycles. The molecule has 1 aliphatic rings. The SMILES string of the molecule is CC(=O)Oc1ccc2c(c1)Cc1ccccc1S2. The number of benzene rings is 2. The molecule has 2 aromatic rings. The first kappa shape index (κ1) is 11.4. The lowest BCUT2D eigenvalue weighted by Gasteiger charge is -2.19. The van der Waals surface area contributed by atoms with Crippen LogP contribution in [0.25, 0.3) is 0 Å². The van der Waals surface area contributed by atoms with Crippen LogP contribution in [0.15, 0.2) is 52.3 Å². The van der Waals surface area contributed by atoms with Crippen LogP contribution < -0.4 is 4.74 Å². The normalized spacial score (nSPS) is 12.5. The number of hydrogen-bond acceptors (Lipinski definition) is 3. The summed E-state index contributed by atoms with van der Waals surface area (Å²) in [6.07, 6.45) is 0.896. The van der Waals surface area contributed by atoms with E-state index in [0.717, 1.165) is 6.42 Å². The maximum Gasteiger partial charge on any atom is 0.308 e. The fourth-order valence-electron chi connectivity index (χ4n) is 2.10. The zero-order valence-corrected chi connectivity index (χ0v) is 10.8. The highest BCUT2D eigenvalue weighted by Gasteiger charge is 2.16. The Labute approximate surface area is 110 Å². The maximum atomic E-state index is 11.0. The first-order valence-electron chi connectivity index (χ1n) is 5.79. The lowest BCUT2D eigenvalue weighted by molar-refractivity contribution is -0.131. The van der Waals surface area contributed by atoms with Gasteiger partial charge in [0, 0.05) is 16.7 Å². The van der Waals surface area contributed by atoms with Crippen molar-refractivity contribution >= 4 is 17.7 Å². The molecule has 0 aromatic heterocycles. The molecule has 0 radical (unpaired) electrons. The van der Waals surface area contributed by atoms with Crippen molar-refractivity contribution in [3.05, 3.63) is 53.6 Å². The Kier molecular flexibility index (Phi) is 2.84. The first-order valence-corrected chi connectivity index (χ1v) is 6.61. The smallest absolute Gasteiger partial charge is 0.308 e. The number of fused-ring (bicyclic) bond motifs is 2. The molecule has 0 bridgehead atoms. The lowest BCUT2D eigenvalue weighted by Crippen LogP contribution is -2.04. The van der Waals surface area contributed by atoms with E-state index >= 15 is 0 Å². The van der Waals surface area contributed by atoms with Gasteiger partial charge in [0.25, 0.3) is 0 Å². The van der Waals surface area contributed by atoms with Gasteiger partial charge in [0.1, 0.15) is 5.75 Å². The maximum absolute atomic E-state index is 11.0. The highest BCUT2D eigenvalue weighted by atomic mass is 32.2. The van der Waals surface area contributed by atoms with E-state index in [9.17, 15) is 4.79 Å². The van der Waals surface area contributed by atoms with Crippen molar-refractivity contribution in [3.63, 3.8) is 0 Å². The van der Waals surface area contributed by atoms with Gasteiger partial charge in [0.2, 0.25) is 0 Å². The Bertz CT molecular complexity index is 620. The van der Waals surface area contributed by atoms with Crippen LogP contribution in [-0.4, -0.2) is 5.97 Å². The minimum atomic E-state index is -0.279. The molecule has 0 aliphatic carbocycles. The molecular weight excluding hydrogens is 244 g/mol. The number of ether oxygens (including phenoxy) is 1. The molecule has 0 amide bonds. The second-order valence-electron chi connectivity index (χ2n) is 4.25. The van der Waals surface area contributed by atoms with Gasteiger partial charge in [-0.15, -0.1) is 0 Å². The molecule has 3 rings (SSSR count). The topological polar surface area (TPSA) is 26.3 Å². The lowest BCUT2D eigenvalue weighted by atomic mass is 10.0. The monoisotopic (exact) mass is 256 g/mol. The molecular formula is C15H12O2S. The van der Waals surface area contributed by atoms with Crippen molar-refractivity contribution in [2.75, 3.05) is 0 Å². The van der Waals surface area contributed by atoms with Gasteiger partial charge in [-0.3, -0.25) is 4.79 Å². The predicted molar refractivity (Wildman–Crippen MR) is 71.1 cm³/mol. The van der Waals surface area contributed by atoms with E-state index in [-0.39, 0.29) is 5.97 Å². The molecule has 1 aliphatic heterocycles. The van der Waals surface area contributed by atoms with Crippen LogP contribution in [0.5, 0.6) is 5.75 Å². The second-order valence-corrected chi connectivity index (χ2v) is 5.33. The van der Waals surface area contributed by atoms with Gasteiger partial charge < -0.3 is 4.74 Å². The average molecular weight is 256 g/mol. The highest BCUT2D eigenvalue weighted by Crippen LogP contribution is 2.40. The van der Waals surface area contributed by atoms with Gasteiger partial charge in [-0.2, -0.15) is 0 Å². The van der Waals surface area contributed by atoms with Gasteiger partial charge in [-0.05, 0) is 41.8 Å². The molecule has 18 heavy (non-hydrogen) atoms. The van der Waals surface area contributed by atoms with Crippen LogP contribution in [0.3, 0.4) is 0 Å². The van der Waals surface area contributed by atoms with Gasteiger partial charge in [0.05, 0.1) is 0 Å². The van der Waals surface area contributed by atoms with E-state index in [1.807, 2.05) is 18.2 Å². The number of hydrogen-bond donors (Lipinski definition) is 0. The standard InChI is InChI=1S/C15H12O2S/c1-10(16)17-13-6-7-15-12(9-13)8-11-4-2-3-5-14(11)18-15/h2-7,9H,8H2,1H3. The van der Waals surface area contributed by atoms with Crippen LogP contribution in [0.2, 0.25) is 0 Å². The van der Waals surface area contributed by atoms with Crippen molar-refractivity contribution in [2.45, 2.75) is 23.1 Å². The van der Waals surface area contributed by atoms with Crippen molar-refractivity contribution in [1.82, 2.24) is 0 Å². The number of rotatable bonds is 1. The predicted octanol–water partition coefficient (Wildman–Crippen LogP) is 3.67. The Hall–Kier alpha value is -1.74. The van der Waals surface area contributed by atoms with Crippen LogP contribution in [-0.2, 0) is 11.2 Å². The minimum Gasteiger partial charge on any atom is -0.427 e. The molecule has 0 saturated carbocycles. The number of esters is 1. The third-order valence-corrected chi connectivity index (χ3v) is 4.10. The molecule has 2 aromatic carbocycles. The van der Waals surface area contributed by atoms with E-state index in [4.69, 9.17) is 4.74 Å². The van der Waals surface area contributed by atoms with Crippen LogP contribution in [0, 0.1) is 0 Å². The summed E-state index contributed by atoms with van der Waals surface area (Å²) in [5.41, 5.74) is 2.55. The zero-order valence-electron chi connectivity index (χ0n) is 9.97. The fraction of sp³-hybridized carbons (Fsp3) is 0.133.